The molecule has 0 bridgehead atoms. The average molecular weight is 457 g/mol. The third-order valence-corrected chi connectivity index (χ3v) is 13.5. The first-order chi connectivity index (χ1) is 15.3. The van der Waals surface area contributed by atoms with Crippen LogP contribution in [0, 0.1) is 56.7 Å². The number of allylic oxidation sites excluding steroid dienone is 1. The number of carboxylic acids is 1. The summed E-state index contributed by atoms with van der Waals surface area (Å²) in [5.74, 6) is 1.79. The summed E-state index contributed by atoms with van der Waals surface area (Å²) in [6.07, 6.45) is 10.5. The van der Waals surface area contributed by atoms with Crippen LogP contribution in [0.3, 0.4) is 0 Å². The van der Waals surface area contributed by atoms with Crippen molar-refractivity contribution < 1.29 is 15.0 Å². The normalized spacial score (nSPS) is 55.0. The Kier molecular flexibility index (Phi) is 5.15. The van der Waals surface area contributed by atoms with E-state index < -0.39 is 11.4 Å². The number of aliphatic hydroxyl groups excluding tert-OH is 1. The van der Waals surface area contributed by atoms with E-state index in [4.69, 9.17) is 0 Å². The Hall–Kier alpha value is -0.830. The van der Waals surface area contributed by atoms with Crippen LogP contribution in [0.15, 0.2) is 12.2 Å². The lowest BCUT2D eigenvalue weighted by atomic mass is 9.32. The maximum absolute atomic E-state index is 12.8. The summed E-state index contributed by atoms with van der Waals surface area (Å²) in [6, 6.07) is 0. The number of aliphatic carboxylic acids is 1. The first kappa shape index (κ1) is 23.9. The van der Waals surface area contributed by atoms with Crippen molar-refractivity contribution in [1.82, 2.24) is 0 Å². The predicted octanol–water partition coefficient (Wildman–Crippen LogP) is 7.09. The van der Waals surface area contributed by atoms with Gasteiger partial charge in [-0.05, 0) is 122 Å². The number of rotatable bonds is 2. The van der Waals surface area contributed by atoms with Crippen LogP contribution in [-0.4, -0.2) is 22.3 Å². The first-order valence-electron chi connectivity index (χ1n) is 13.8. The van der Waals surface area contributed by atoms with Crippen molar-refractivity contribution in [2.45, 2.75) is 112 Å². The Labute approximate surface area is 201 Å². The zero-order chi connectivity index (χ0) is 24.2. The van der Waals surface area contributed by atoms with E-state index in [9.17, 15) is 15.0 Å². The molecule has 3 nitrogen and oxygen atoms in total. The maximum atomic E-state index is 12.8. The van der Waals surface area contributed by atoms with E-state index in [0.29, 0.717) is 23.7 Å². The summed E-state index contributed by atoms with van der Waals surface area (Å²) >= 11 is 0. The average Bonchev–Trinajstić information content (AvgIpc) is 3.13. The molecule has 10 atom stereocenters. The van der Waals surface area contributed by atoms with Gasteiger partial charge < -0.3 is 10.2 Å². The Morgan fingerprint density at radius 2 is 1.52 bits per heavy atom. The molecule has 5 aliphatic carbocycles. The Morgan fingerprint density at radius 1 is 0.818 bits per heavy atom. The highest BCUT2D eigenvalue weighted by Crippen LogP contribution is 2.77. The van der Waals surface area contributed by atoms with E-state index in [1.54, 1.807) is 0 Å². The van der Waals surface area contributed by atoms with Crippen LogP contribution in [0.4, 0.5) is 0 Å². The van der Waals surface area contributed by atoms with Crippen LogP contribution in [0.1, 0.15) is 106 Å². The molecule has 0 aromatic heterocycles. The quantitative estimate of drug-likeness (QED) is 0.436. The standard InChI is InChI=1S/C30H48O3/c1-18(2)19-10-15-30(25(32)33)17-16-28(6)20(24(19)30)8-9-22-27(5)13-12-23(31)26(3,4)21(27)11-14-29(22,28)7/h19-24,31H,1,8-17H2,2-7H3,(H,32,33)/t19-,20-,21+,22-,23+,24+,27+,28-,29-,30+/m1/s1. The molecule has 0 aliphatic heterocycles. The van der Waals surface area contributed by atoms with Gasteiger partial charge in [0.25, 0.3) is 0 Å². The Bertz CT molecular complexity index is 861. The zero-order valence-electron chi connectivity index (χ0n) is 22.0. The van der Waals surface area contributed by atoms with Gasteiger partial charge >= 0.3 is 5.97 Å². The number of carboxylic acid groups (broad SMARTS) is 1. The van der Waals surface area contributed by atoms with Crippen molar-refractivity contribution >= 4 is 5.97 Å². The van der Waals surface area contributed by atoms with Gasteiger partial charge in [0.15, 0.2) is 0 Å². The minimum atomic E-state index is -0.538. The SMILES string of the molecule is C=C(C)[C@H]1CC[C@]2(C(=O)O)CC[C@]3(C)[C@H](CC[C@@H]4[C@@]5(C)CC[C@H](O)C(C)(C)[C@@H]5CC[C@]43C)[C@H]12. The molecule has 5 fully saturated rings. The molecule has 2 N–H and O–H groups in total. The molecule has 0 aromatic rings. The number of hydrogen-bond donors (Lipinski definition) is 2. The number of fused-ring (bicyclic) bond motifs is 7. The molecular formula is C30H48O3. The number of aliphatic hydroxyl groups is 1. The summed E-state index contributed by atoms with van der Waals surface area (Å²) in [4.78, 5) is 12.8. The van der Waals surface area contributed by atoms with Gasteiger partial charge in [0, 0.05) is 0 Å². The van der Waals surface area contributed by atoms with Crippen molar-refractivity contribution in [3.8, 4) is 0 Å². The third kappa shape index (κ3) is 2.75. The van der Waals surface area contributed by atoms with Crippen molar-refractivity contribution in [3.63, 3.8) is 0 Å². The van der Waals surface area contributed by atoms with E-state index >= 15 is 0 Å². The molecule has 5 rings (SSSR count). The Morgan fingerprint density at radius 3 is 2.15 bits per heavy atom. The van der Waals surface area contributed by atoms with E-state index in [-0.39, 0.29) is 33.7 Å². The molecule has 0 heterocycles. The van der Waals surface area contributed by atoms with Crippen LogP contribution in [0.5, 0.6) is 0 Å². The summed E-state index contributed by atoms with van der Waals surface area (Å²) in [6.45, 7) is 18.8. The van der Waals surface area contributed by atoms with Gasteiger partial charge in [-0.25, -0.2) is 0 Å². The van der Waals surface area contributed by atoms with Gasteiger partial charge in [0.2, 0.25) is 0 Å². The first-order valence-corrected chi connectivity index (χ1v) is 13.8. The van der Waals surface area contributed by atoms with Crippen molar-refractivity contribution in [3.05, 3.63) is 12.2 Å². The predicted molar refractivity (Wildman–Crippen MR) is 133 cm³/mol. The molecular weight excluding hydrogens is 408 g/mol. The van der Waals surface area contributed by atoms with Crippen molar-refractivity contribution in [2.75, 3.05) is 0 Å². The van der Waals surface area contributed by atoms with Gasteiger partial charge in [-0.15, -0.1) is 0 Å². The van der Waals surface area contributed by atoms with Crippen LogP contribution < -0.4 is 0 Å². The zero-order valence-corrected chi connectivity index (χ0v) is 22.0. The maximum Gasteiger partial charge on any atom is 0.309 e. The molecule has 0 aromatic carbocycles. The van der Waals surface area contributed by atoms with Gasteiger partial charge in [-0.2, -0.15) is 0 Å². The minimum absolute atomic E-state index is 0.0202. The molecule has 0 radical (unpaired) electrons. The van der Waals surface area contributed by atoms with Gasteiger partial charge in [0.05, 0.1) is 11.5 Å². The monoisotopic (exact) mass is 456 g/mol. The van der Waals surface area contributed by atoms with Crippen LogP contribution in [-0.2, 0) is 4.79 Å². The molecule has 0 unspecified atom stereocenters. The second kappa shape index (κ2) is 7.11. The highest BCUT2D eigenvalue weighted by molar-refractivity contribution is 5.76. The van der Waals surface area contributed by atoms with Crippen molar-refractivity contribution in [1.29, 1.82) is 0 Å². The topological polar surface area (TPSA) is 57.5 Å². The van der Waals surface area contributed by atoms with Crippen LogP contribution in [0.2, 0.25) is 0 Å². The van der Waals surface area contributed by atoms with E-state index in [1.807, 2.05) is 0 Å². The number of carbonyl (C=O) groups is 1. The van der Waals surface area contributed by atoms with E-state index in [0.717, 1.165) is 38.5 Å². The van der Waals surface area contributed by atoms with Gasteiger partial charge in [-0.3, -0.25) is 4.79 Å². The summed E-state index contributed by atoms with van der Waals surface area (Å²) < 4.78 is 0. The lowest BCUT2D eigenvalue weighted by Crippen LogP contribution is -2.67. The van der Waals surface area contributed by atoms with Crippen LogP contribution in [0.25, 0.3) is 0 Å². The second-order valence-corrected chi connectivity index (χ2v) is 14.5. The lowest BCUT2D eigenvalue weighted by Gasteiger charge is -2.72. The second-order valence-electron chi connectivity index (χ2n) is 14.5. The summed E-state index contributed by atoms with van der Waals surface area (Å²) in [5, 5.41) is 21.4. The smallest absolute Gasteiger partial charge is 0.309 e. The fourth-order valence-corrected chi connectivity index (χ4v) is 11.5. The van der Waals surface area contributed by atoms with Crippen LogP contribution >= 0.6 is 0 Å². The van der Waals surface area contributed by atoms with Crippen molar-refractivity contribution in [2.24, 2.45) is 56.7 Å². The lowest BCUT2D eigenvalue weighted by molar-refractivity contribution is -0.248. The molecule has 5 saturated carbocycles. The highest BCUT2D eigenvalue weighted by Gasteiger charge is 2.71. The summed E-state index contributed by atoms with van der Waals surface area (Å²) in [5.41, 5.74) is 1.35. The van der Waals surface area contributed by atoms with E-state index in [2.05, 4.69) is 48.1 Å². The molecule has 33 heavy (non-hydrogen) atoms. The molecule has 0 saturated heterocycles. The molecule has 0 amide bonds. The van der Waals surface area contributed by atoms with Gasteiger partial charge in [0.1, 0.15) is 0 Å². The molecule has 186 valence electrons. The largest absolute Gasteiger partial charge is 0.481 e. The highest BCUT2D eigenvalue weighted by atomic mass is 16.4. The molecule has 5 aliphatic rings. The number of hydrogen-bond acceptors (Lipinski definition) is 2. The molecule has 0 spiro atoms. The fraction of sp³-hybridized carbons (Fsp3) is 0.900. The summed E-state index contributed by atoms with van der Waals surface area (Å²) in [7, 11) is 0. The minimum Gasteiger partial charge on any atom is -0.481 e. The fourth-order valence-electron chi connectivity index (χ4n) is 11.5. The third-order valence-electron chi connectivity index (χ3n) is 13.5. The van der Waals surface area contributed by atoms with E-state index in [1.165, 1.54) is 31.3 Å². The molecule has 3 heteroatoms. The van der Waals surface area contributed by atoms with Gasteiger partial charge in [-0.1, -0.05) is 46.8 Å². The Balaban J connectivity index is 1.57.